The van der Waals surface area contributed by atoms with E-state index >= 15 is 0 Å². The summed E-state index contributed by atoms with van der Waals surface area (Å²) in [6, 6.07) is 3.99. The Morgan fingerprint density at radius 2 is 1.80 bits per heavy atom. The maximum absolute atomic E-state index is 13.4. The molecule has 1 heterocycles. The third kappa shape index (κ3) is 2.81. The first-order chi connectivity index (χ1) is 9.52. The Hall–Kier alpha value is -2.31. The fraction of sp³-hybridized carbons (Fsp3) is 0.385. The molecule has 1 fully saturated rings. The highest BCUT2D eigenvalue weighted by atomic mass is 19.1. The van der Waals surface area contributed by atoms with Crippen molar-refractivity contribution in [3.8, 4) is 0 Å². The lowest BCUT2D eigenvalue weighted by Crippen LogP contribution is -2.50. The van der Waals surface area contributed by atoms with Gasteiger partial charge in [0.25, 0.3) is 5.91 Å². The second kappa shape index (κ2) is 5.77. The SMILES string of the molecule is COC(=O)N1CCN(C(=O)c2ccc(N)c(F)c2)CC1. The molecule has 7 heteroatoms. The van der Waals surface area contributed by atoms with E-state index in [-0.39, 0.29) is 17.2 Å². The highest BCUT2D eigenvalue weighted by Gasteiger charge is 2.25. The number of benzene rings is 1. The smallest absolute Gasteiger partial charge is 0.409 e. The summed E-state index contributed by atoms with van der Waals surface area (Å²) in [5, 5.41) is 0. The predicted molar refractivity (Wildman–Crippen MR) is 70.7 cm³/mol. The molecule has 1 saturated heterocycles. The lowest BCUT2D eigenvalue weighted by atomic mass is 10.1. The second-order valence-corrected chi connectivity index (χ2v) is 4.49. The molecule has 108 valence electrons. The van der Waals surface area contributed by atoms with Gasteiger partial charge in [-0.05, 0) is 18.2 Å². The summed E-state index contributed by atoms with van der Waals surface area (Å²) in [5.74, 6) is -0.877. The first-order valence-corrected chi connectivity index (χ1v) is 6.20. The van der Waals surface area contributed by atoms with Crippen molar-refractivity contribution in [2.45, 2.75) is 0 Å². The predicted octanol–water partition coefficient (Wildman–Crippen LogP) is 0.932. The number of piperazine rings is 1. The van der Waals surface area contributed by atoms with Crippen LogP contribution in [0.3, 0.4) is 0 Å². The second-order valence-electron chi connectivity index (χ2n) is 4.49. The highest BCUT2D eigenvalue weighted by Crippen LogP contribution is 2.15. The zero-order valence-electron chi connectivity index (χ0n) is 11.1. The number of carbonyl (C=O) groups is 2. The maximum Gasteiger partial charge on any atom is 0.409 e. The zero-order chi connectivity index (χ0) is 14.7. The fourth-order valence-corrected chi connectivity index (χ4v) is 2.06. The van der Waals surface area contributed by atoms with E-state index in [9.17, 15) is 14.0 Å². The molecular weight excluding hydrogens is 265 g/mol. The average Bonchev–Trinajstić information content (AvgIpc) is 2.48. The summed E-state index contributed by atoms with van der Waals surface area (Å²) in [6.45, 7) is 1.57. The molecule has 0 radical (unpaired) electrons. The number of hydrogen-bond acceptors (Lipinski definition) is 4. The van der Waals surface area contributed by atoms with Crippen molar-refractivity contribution in [1.82, 2.24) is 9.80 Å². The van der Waals surface area contributed by atoms with Gasteiger partial charge in [0.05, 0.1) is 12.8 Å². The minimum atomic E-state index is -0.607. The molecule has 2 amide bonds. The quantitative estimate of drug-likeness (QED) is 0.777. The summed E-state index contributed by atoms with van der Waals surface area (Å²) in [4.78, 5) is 26.6. The Morgan fingerprint density at radius 3 is 2.35 bits per heavy atom. The summed E-state index contributed by atoms with van der Waals surface area (Å²) < 4.78 is 18.0. The normalized spacial score (nSPS) is 15.1. The monoisotopic (exact) mass is 281 g/mol. The number of nitrogens with two attached hydrogens (primary N) is 1. The minimum Gasteiger partial charge on any atom is -0.453 e. The Balaban J connectivity index is 2.01. The van der Waals surface area contributed by atoms with Gasteiger partial charge in [-0.3, -0.25) is 4.79 Å². The van der Waals surface area contributed by atoms with Gasteiger partial charge in [0.1, 0.15) is 5.82 Å². The number of methoxy groups -OCH3 is 1. The number of nitrogens with zero attached hydrogens (tertiary/aromatic N) is 2. The number of anilines is 1. The summed E-state index contributed by atoms with van der Waals surface area (Å²) in [6.07, 6.45) is -0.407. The Bertz CT molecular complexity index is 528. The van der Waals surface area contributed by atoms with Crippen LogP contribution in [0.15, 0.2) is 18.2 Å². The van der Waals surface area contributed by atoms with Crippen molar-refractivity contribution in [2.24, 2.45) is 0 Å². The van der Waals surface area contributed by atoms with Crippen molar-refractivity contribution < 1.29 is 18.7 Å². The molecule has 6 nitrogen and oxygen atoms in total. The van der Waals surface area contributed by atoms with Gasteiger partial charge in [-0.25, -0.2) is 9.18 Å². The molecule has 20 heavy (non-hydrogen) atoms. The standard InChI is InChI=1S/C13H16FN3O3/c1-20-13(19)17-6-4-16(5-7-17)12(18)9-2-3-11(15)10(14)8-9/h2-3,8H,4-7,15H2,1H3. The third-order valence-corrected chi connectivity index (χ3v) is 3.25. The molecule has 0 bridgehead atoms. The largest absolute Gasteiger partial charge is 0.453 e. The van der Waals surface area contributed by atoms with E-state index in [1.165, 1.54) is 24.1 Å². The number of ether oxygens (including phenoxy) is 1. The fourth-order valence-electron chi connectivity index (χ4n) is 2.06. The molecule has 1 aromatic carbocycles. The van der Waals surface area contributed by atoms with Gasteiger partial charge in [0.15, 0.2) is 0 Å². The van der Waals surface area contributed by atoms with E-state index in [0.29, 0.717) is 26.2 Å². The van der Waals surface area contributed by atoms with Crippen molar-refractivity contribution in [2.75, 3.05) is 39.0 Å². The molecule has 0 saturated carbocycles. The molecule has 1 aliphatic rings. The molecular formula is C13H16FN3O3. The van der Waals surface area contributed by atoms with Crippen molar-refractivity contribution in [3.63, 3.8) is 0 Å². The van der Waals surface area contributed by atoms with Crippen LogP contribution in [0.5, 0.6) is 0 Å². The van der Waals surface area contributed by atoms with Gasteiger partial charge in [-0.15, -0.1) is 0 Å². The van der Waals surface area contributed by atoms with E-state index in [1.54, 1.807) is 4.90 Å². The minimum absolute atomic E-state index is 0.0112. The molecule has 0 spiro atoms. The van der Waals surface area contributed by atoms with Gasteiger partial charge < -0.3 is 20.3 Å². The number of carbonyl (C=O) groups excluding carboxylic acids is 2. The van der Waals surface area contributed by atoms with E-state index in [1.807, 2.05) is 0 Å². The molecule has 1 aromatic rings. The average molecular weight is 281 g/mol. The van der Waals surface area contributed by atoms with Gasteiger partial charge in [-0.2, -0.15) is 0 Å². The van der Waals surface area contributed by atoms with Crippen molar-refractivity contribution >= 4 is 17.7 Å². The number of hydrogen-bond donors (Lipinski definition) is 1. The molecule has 1 aliphatic heterocycles. The lowest BCUT2D eigenvalue weighted by molar-refractivity contribution is 0.0599. The van der Waals surface area contributed by atoms with E-state index in [4.69, 9.17) is 5.73 Å². The maximum atomic E-state index is 13.4. The summed E-state index contributed by atoms with van der Waals surface area (Å²) in [7, 11) is 1.32. The van der Waals surface area contributed by atoms with Crippen LogP contribution in [0.2, 0.25) is 0 Å². The Morgan fingerprint density at radius 1 is 1.20 bits per heavy atom. The van der Waals surface area contributed by atoms with Crippen LogP contribution in [0.25, 0.3) is 0 Å². The third-order valence-electron chi connectivity index (χ3n) is 3.25. The van der Waals surface area contributed by atoms with E-state index in [0.717, 1.165) is 6.07 Å². The van der Waals surface area contributed by atoms with Crippen LogP contribution < -0.4 is 5.73 Å². The number of nitrogen functional groups attached to an aromatic ring is 1. The number of amides is 2. The van der Waals surface area contributed by atoms with Gasteiger partial charge in [-0.1, -0.05) is 0 Å². The van der Waals surface area contributed by atoms with Crippen LogP contribution in [-0.4, -0.2) is 55.1 Å². The van der Waals surface area contributed by atoms with Crippen LogP contribution in [0.1, 0.15) is 10.4 Å². The lowest BCUT2D eigenvalue weighted by Gasteiger charge is -2.33. The molecule has 0 unspecified atom stereocenters. The highest BCUT2D eigenvalue weighted by molar-refractivity contribution is 5.94. The number of halogens is 1. The molecule has 2 N–H and O–H groups in total. The Labute approximate surface area is 115 Å². The van der Waals surface area contributed by atoms with Crippen molar-refractivity contribution in [1.29, 1.82) is 0 Å². The Kier molecular flexibility index (Phi) is 4.07. The van der Waals surface area contributed by atoms with Crippen LogP contribution in [0, 0.1) is 5.82 Å². The van der Waals surface area contributed by atoms with Crippen LogP contribution in [0.4, 0.5) is 14.9 Å². The first kappa shape index (κ1) is 14.1. The molecule has 0 atom stereocenters. The summed E-state index contributed by atoms with van der Waals surface area (Å²) in [5.41, 5.74) is 5.64. The first-order valence-electron chi connectivity index (χ1n) is 6.20. The van der Waals surface area contributed by atoms with E-state index < -0.39 is 11.9 Å². The molecule has 0 aliphatic carbocycles. The van der Waals surface area contributed by atoms with Gasteiger partial charge in [0, 0.05) is 31.7 Å². The molecule has 0 aromatic heterocycles. The number of rotatable bonds is 1. The van der Waals surface area contributed by atoms with Crippen LogP contribution in [-0.2, 0) is 4.74 Å². The van der Waals surface area contributed by atoms with Crippen molar-refractivity contribution in [3.05, 3.63) is 29.6 Å². The van der Waals surface area contributed by atoms with E-state index in [2.05, 4.69) is 4.74 Å². The summed E-state index contributed by atoms with van der Waals surface area (Å²) >= 11 is 0. The molecule has 2 rings (SSSR count). The van der Waals surface area contributed by atoms with Gasteiger partial charge >= 0.3 is 6.09 Å². The zero-order valence-corrected chi connectivity index (χ0v) is 11.1. The topological polar surface area (TPSA) is 75.9 Å². The van der Waals surface area contributed by atoms with Crippen LogP contribution >= 0.6 is 0 Å². The van der Waals surface area contributed by atoms with Gasteiger partial charge in [0.2, 0.25) is 0 Å².